The first-order chi connectivity index (χ1) is 16.8. The van der Waals surface area contributed by atoms with Crippen LogP contribution in [0.3, 0.4) is 0 Å². The Hall–Kier alpha value is -3.80. The smallest absolute Gasteiger partial charge is 0.332 e. The van der Waals surface area contributed by atoms with Gasteiger partial charge in [-0.2, -0.15) is 10.2 Å². The molecule has 0 unspecified atom stereocenters. The zero-order valence-corrected chi connectivity index (χ0v) is 20.4. The van der Waals surface area contributed by atoms with Gasteiger partial charge in [-0.15, -0.1) is 4.80 Å². The number of benzene rings is 1. The van der Waals surface area contributed by atoms with Crippen LogP contribution in [0.25, 0.3) is 15.2 Å². The normalized spacial score (nSPS) is 11.2. The van der Waals surface area contributed by atoms with Crippen molar-refractivity contribution in [2.45, 2.75) is 39.8 Å². The molecule has 0 fully saturated rings. The Labute approximate surface area is 203 Å². The minimum Gasteiger partial charge on any atom is -0.496 e. The molecule has 1 N–H and O–H groups in total. The van der Waals surface area contributed by atoms with Gasteiger partial charge in [0.05, 0.1) is 24.9 Å². The molecule has 0 aliphatic heterocycles. The molecule has 10 nitrogen and oxygen atoms in total. The molecule has 4 aromatic rings. The van der Waals surface area contributed by atoms with Crippen LogP contribution in [0.1, 0.15) is 24.5 Å². The van der Waals surface area contributed by atoms with E-state index in [1.807, 2.05) is 6.92 Å². The molecule has 0 atom stereocenters. The lowest BCUT2D eigenvalue weighted by molar-refractivity contribution is -0.121. The number of halogens is 1. The number of aryl methyl sites for hydroxylation is 3. The van der Waals surface area contributed by atoms with Gasteiger partial charge in [-0.3, -0.25) is 18.7 Å². The van der Waals surface area contributed by atoms with Gasteiger partial charge in [-0.05, 0) is 43.5 Å². The summed E-state index contributed by atoms with van der Waals surface area (Å²) in [5, 5.41) is 11.9. The van der Waals surface area contributed by atoms with E-state index in [4.69, 9.17) is 4.74 Å². The fourth-order valence-electron chi connectivity index (χ4n) is 3.87. The highest BCUT2D eigenvalue weighted by atomic mass is 32.1. The summed E-state index contributed by atoms with van der Waals surface area (Å²) in [5.74, 6) is -0.354. The maximum absolute atomic E-state index is 13.9. The second-order valence-corrected chi connectivity index (χ2v) is 8.89. The molecule has 0 saturated heterocycles. The van der Waals surface area contributed by atoms with E-state index in [0.717, 1.165) is 11.0 Å². The number of nitrogens with zero attached hydrogens (tertiary/aromatic N) is 5. The minimum atomic E-state index is -0.620. The molecule has 35 heavy (non-hydrogen) atoms. The van der Waals surface area contributed by atoms with Gasteiger partial charge in [-0.25, -0.2) is 9.18 Å². The number of aromatic nitrogens is 5. The quantitative estimate of drug-likeness (QED) is 0.376. The highest BCUT2D eigenvalue weighted by Crippen LogP contribution is 2.30. The lowest BCUT2D eigenvalue weighted by Gasteiger charge is -2.13. The van der Waals surface area contributed by atoms with Gasteiger partial charge in [0.15, 0.2) is 0 Å². The number of methoxy groups -OCH3 is 1. The summed E-state index contributed by atoms with van der Waals surface area (Å²) in [6.07, 6.45) is 4.03. The van der Waals surface area contributed by atoms with E-state index >= 15 is 0 Å². The third kappa shape index (κ3) is 4.74. The van der Waals surface area contributed by atoms with Crippen LogP contribution >= 0.6 is 11.3 Å². The molecule has 1 aromatic carbocycles. The van der Waals surface area contributed by atoms with Gasteiger partial charge in [0.25, 0.3) is 5.56 Å². The first kappa shape index (κ1) is 24.3. The van der Waals surface area contributed by atoms with Crippen molar-refractivity contribution in [2.75, 3.05) is 13.7 Å². The van der Waals surface area contributed by atoms with Crippen molar-refractivity contribution in [1.82, 2.24) is 29.4 Å². The predicted molar refractivity (Wildman–Crippen MR) is 130 cm³/mol. The zero-order valence-electron chi connectivity index (χ0n) is 19.6. The van der Waals surface area contributed by atoms with E-state index in [1.54, 1.807) is 6.92 Å². The van der Waals surface area contributed by atoms with Crippen LogP contribution in [0.5, 0.6) is 5.75 Å². The Bertz CT molecular complexity index is 1490. The molecule has 3 heterocycles. The largest absolute Gasteiger partial charge is 0.496 e. The van der Waals surface area contributed by atoms with Crippen LogP contribution in [0.15, 0.2) is 40.2 Å². The Morgan fingerprint density at radius 3 is 2.63 bits per heavy atom. The van der Waals surface area contributed by atoms with Crippen molar-refractivity contribution in [3.05, 3.63) is 68.4 Å². The van der Waals surface area contributed by atoms with E-state index in [2.05, 4.69) is 15.5 Å². The SMILES string of the molecule is CCCNC(=O)Cn1c(=O)c2c(C)c(-n3nccn3)sc2n(CCc2cc(F)ccc2OC)c1=O. The third-order valence-electron chi connectivity index (χ3n) is 5.59. The summed E-state index contributed by atoms with van der Waals surface area (Å²) in [6.45, 7) is 3.84. The van der Waals surface area contributed by atoms with E-state index in [1.165, 1.54) is 58.4 Å². The van der Waals surface area contributed by atoms with Crippen molar-refractivity contribution in [2.24, 2.45) is 0 Å². The fraction of sp³-hybridized carbons (Fsp3) is 0.348. The molecule has 4 rings (SSSR count). The average Bonchev–Trinajstić information content (AvgIpc) is 3.48. The maximum Gasteiger partial charge on any atom is 0.332 e. The van der Waals surface area contributed by atoms with Crippen LogP contribution in [0.4, 0.5) is 4.39 Å². The number of hydrogen-bond donors (Lipinski definition) is 1. The van der Waals surface area contributed by atoms with Crippen molar-refractivity contribution >= 4 is 27.5 Å². The van der Waals surface area contributed by atoms with Gasteiger partial charge in [0.2, 0.25) is 5.91 Å². The van der Waals surface area contributed by atoms with Gasteiger partial charge < -0.3 is 10.1 Å². The van der Waals surface area contributed by atoms with Crippen molar-refractivity contribution in [1.29, 1.82) is 0 Å². The number of carbonyl (C=O) groups excluding carboxylic acids is 1. The molecule has 0 aliphatic rings. The number of fused-ring (bicyclic) bond motifs is 1. The third-order valence-corrected chi connectivity index (χ3v) is 6.87. The topological polar surface area (TPSA) is 113 Å². The lowest BCUT2D eigenvalue weighted by Crippen LogP contribution is -2.44. The summed E-state index contributed by atoms with van der Waals surface area (Å²) in [4.78, 5) is 41.1. The highest BCUT2D eigenvalue weighted by molar-refractivity contribution is 7.21. The van der Waals surface area contributed by atoms with Crippen LogP contribution in [0, 0.1) is 12.7 Å². The number of rotatable bonds is 9. The van der Waals surface area contributed by atoms with E-state index in [0.29, 0.717) is 38.6 Å². The van der Waals surface area contributed by atoms with Crippen LogP contribution in [0.2, 0.25) is 0 Å². The predicted octanol–water partition coefficient (Wildman–Crippen LogP) is 2.03. The summed E-state index contributed by atoms with van der Waals surface area (Å²) in [7, 11) is 1.49. The number of ether oxygens (including phenoxy) is 1. The molecule has 0 radical (unpaired) electrons. The number of thiophene rings is 1. The van der Waals surface area contributed by atoms with Crippen molar-refractivity contribution < 1.29 is 13.9 Å². The van der Waals surface area contributed by atoms with E-state index in [-0.39, 0.29) is 13.0 Å². The van der Waals surface area contributed by atoms with Gasteiger partial charge >= 0.3 is 5.69 Å². The Morgan fingerprint density at radius 1 is 1.20 bits per heavy atom. The summed E-state index contributed by atoms with van der Waals surface area (Å²) >= 11 is 1.21. The fourth-order valence-corrected chi connectivity index (χ4v) is 5.11. The van der Waals surface area contributed by atoms with Crippen molar-refractivity contribution in [3.63, 3.8) is 0 Å². The number of nitrogens with one attached hydrogen (secondary N) is 1. The van der Waals surface area contributed by atoms with Crippen LogP contribution in [-0.2, 0) is 24.3 Å². The Balaban J connectivity index is 1.86. The summed E-state index contributed by atoms with van der Waals surface area (Å²) in [5.41, 5.74) is 0.00775. The van der Waals surface area contributed by atoms with E-state index in [9.17, 15) is 18.8 Å². The Kier molecular flexibility index (Phi) is 7.10. The molecule has 184 valence electrons. The molecule has 0 spiro atoms. The molecule has 3 aromatic heterocycles. The molecule has 0 saturated carbocycles. The van der Waals surface area contributed by atoms with Gasteiger partial charge in [0.1, 0.15) is 27.9 Å². The molecule has 0 bridgehead atoms. The van der Waals surface area contributed by atoms with Crippen LogP contribution in [-0.4, -0.2) is 43.7 Å². The minimum absolute atomic E-state index is 0.137. The summed E-state index contributed by atoms with van der Waals surface area (Å²) < 4.78 is 21.6. The number of hydrogen-bond acceptors (Lipinski definition) is 7. The molecule has 12 heteroatoms. The highest BCUT2D eigenvalue weighted by Gasteiger charge is 2.22. The monoisotopic (exact) mass is 500 g/mol. The average molecular weight is 501 g/mol. The zero-order chi connectivity index (χ0) is 25.1. The second-order valence-electron chi connectivity index (χ2n) is 7.91. The standard InChI is InChI=1S/C23H25FN6O4S/c1-4-8-25-18(31)13-29-20(32)19-14(2)21(30-26-9-10-27-30)35-22(19)28(23(29)33)11-7-15-12-16(24)5-6-17(15)34-3/h5-6,9-10,12H,4,7-8,11,13H2,1-3H3,(H,25,31). The van der Waals surface area contributed by atoms with Gasteiger partial charge in [0, 0.05) is 18.7 Å². The molecule has 0 aliphatic carbocycles. The van der Waals surface area contributed by atoms with Crippen LogP contribution < -0.4 is 21.3 Å². The second kappa shape index (κ2) is 10.2. The van der Waals surface area contributed by atoms with Crippen molar-refractivity contribution in [3.8, 4) is 10.8 Å². The number of amides is 1. The molecular weight excluding hydrogens is 475 g/mol. The van der Waals surface area contributed by atoms with Gasteiger partial charge in [-0.1, -0.05) is 18.3 Å². The maximum atomic E-state index is 13.9. The Morgan fingerprint density at radius 2 is 1.94 bits per heavy atom. The summed E-state index contributed by atoms with van der Waals surface area (Å²) in [6, 6.07) is 4.18. The molecule has 1 amide bonds. The first-order valence-electron chi connectivity index (χ1n) is 11.1. The number of carbonyl (C=O) groups is 1. The van der Waals surface area contributed by atoms with E-state index < -0.39 is 29.5 Å². The molecular formula is C23H25FN6O4S. The first-order valence-corrected chi connectivity index (χ1v) is 11.9. The lowest BCUT2D eigenvalue weighted by atomic mass is 10.1.